The fraction of sp³-hybridized carbons (Fsp3) is 0.625. The van der Waals surface area contributed by atoms with Crippen molar-refractivity contribution in [1.29, 1.82) is 0 Å². The molecule has 1 aliphatic rings. The van der Waals surface area contributed by atoms with E-state index in [1.165, 1.54) is 24.8 Å². The predicted molar refractivity (Wildman–Crippen MR) is 73.4 cm³/mol. The molecule has 0 radical (unpaired) electrons. The van der Waals surface area contributed by atoms with Gasteiger partial charge in [-0.3, -0.25) is 0 Å². The summed E-state index contributed by atoms with van der Waals surface area (Å²) < 4.78 is 0. The van der Waals surface area contributed by atoms with Gasteiger partial charge in [0, 0.05) is 0 Å². The van der Waals surface area contributed by atoms with Gasteiger partial charge in [-0.1, -0.05) is 44.2 Å². The first-order valence-corrected chi connectivity index (χ1v) is 6.64. The van der Waals surface area contributed by atoms with Crippen LogP contribution in [0.15, 0.2) is 36.0 Å². The monoisotopic (exact) mass is 218 g/mol. The second kappa shape index (κ2) is 6.73. The molecule has 0 aromatic rings. The topological polar surface area (TPSA) is 0 Å². The molecule has 0 aromatic heterocycles. The Morgan fingerprint density at radius 2 is 1.75 bits per heavy atom. The third kappa shape index (κ3) is 3.66. The van der Waals surface area contributed by atoms with E-state index in [1.54, 1.807) is 0 Å². The zero-order valence-electron chi connectivity index (χ0n) is 11.2. The first-order valence-electron chi connectivity index (χ1n) is 6.64. The highest BCUT2D eigenvalue weighted by atomic mass is 14.3. The summed E-state index contributed by atoms with van der Waals surface area (Å²) in [5, 5.41) is 0. The second-order valence-corrected chi connectivity index (χ2v) is 5.16. The van der Waals surface area contributed by atoms with E-state index in [0.717, 1.165) is 17.8 Å². The lowest BCUT2D eigenvalue weighted by molar-refractivity contribution is 0.232. The van der Waals surface area contributed by atoms with E-state index in [1.807, 2.05) is 0 Å². The van der Waals surface area contributed by atoms with Crippen molar-refractivity contribution in [2.24, 2.45) is 17.8 Å². The molecule has 0 nitrogen and oxygen atoms in total. The van der Waals surface area contributed by atoms with Crippen molar-refractivity contribution in [1.82, 2.24) is 0 Å². The first kappa shape index (κ1) is 13.3. The molecule has 0 amide bonds. The van der Waals surface area contributed by atoms with Crippen LogP contribution >= 0.6 is 0 Å². The van der Waals surface area contributed by atoms with E-state index >= 15 is 0 Å². The van der Waals surface area contributed by atoms with Gasteiger partial charge in [0.2, 0.25) is 0 Å². The summed E-state index contributed by atoms with van der Waals surface area (Å²) in [5.41, 5.74) is 1.51. The van der Waals surface area contributed by atoms with Crippen LogP contribution in [0.5, 0.6) is 0 Å². The highest BCUT2D eigenvalue weighted by Crippen LogP contribution is 2.37. The lowest BCUT2D eigenvalue weighted by Crippen LogP contribution is -2.21. The predicted octanol–water partition coefficient (Wildman–Crippen LogP) is 5.14. The van der Waals surface area contributed by atoms with Crippen LogP contribution in [0.25, 0.3) is 0 Å². The summed E-state index contributed by atoms with van der Waals surface area (Å²) in [6.07, 6.45) is 15.1. The number of rotatable bonds is 3. The SMILES string of the molecule is C/C=C/C=C(\C=C\C)C1CCC(C)C(C)C1. The minimum absolute atomic E-state index is 0.776. The van der Waals surface area contributed by atoms with Crippen LogP contribution < -0.4 is 0 Å². The van der Waals surface area contributed by atoms with Crippen molar-refractivity contribution in [2.75, 3.05) is 0 Å². The lowest BCUT2D eigenvalue weighted by atomic mass is 9.73. The summed E-state index contributed by atoms with van der Waals surface area (Å²) in [4.78, 5) is 0. The van der Waals surface area contributed by atoms with Gasteiger partial charge < -0.3 is 0 Å². The van der Waals surface area contributed by atoms with Gasteiger partial charge in [0.15, 0.2) is 0 Å². The van der Waals surface area contributed by atoms with Gasteiger partial charge in [0.1, 0.15) is 0 Å². The Morgan fingerprint density at radius 3 is 2.31 bits per heavy atom. The van der Waals surface area contributed by atoms with Crippen LogP contribution in [-0.2, 0) is 0 Å². The Bertz CT molecular complexity index is 280. The minimum atomic E-state index is 0.776. The molecule has 0 N–H and O–H groups in total. The molecule has 1 rings (SSSR count). The molecule has 3 unspecified atom stereocenters. The zero-order valence-corrected chi connectivity index (χ0v) is 11.2. The standard InChI is InChI=1S/C16H26/c1-5-7-9-15(8-6-2)16-11-10-13(3)14(4)12-16/h5-9,13-14,16H,10-12H2,1-4H3/b7-5+,8-6+,15-9+. The van der Waals surface area contributed by atoms with Crippen LogP contribution in [0.3, 0.4) is 0 Å². The van der Waals surface area contributed by atoms with Gasteiger partial charge in [-0.25, -0.2) is 0 Å². The molecule has 1 aliphatic carbocycles. The molecule has 0 heterocycles. The maximum atomic E-state index is 2.40. The van der Waals surface area contributed by atoms with Crippen molar-refractivity contribution < 1.29 is 0 Å². The van der Waals surface area contributed by atoms with Crippen LogP contribution in [0.4, 0.5) is 0 Å². The third-order valence-electron chi connectivity index (χ3n) is 3.91. The van der Waals surface area contributed by atoms with Crippen LogP contribution in [0.2, 0.25) is 0 Å². The third-order valence-corrected chi connectivity index (χ3v) is 3.91. The molecule has 90 valence electrons. The van der Waals surface area contributed by atoms with Gasteiger partial charge in [-0.15, -0.1) is 0 Å². The Labute approximate surface area is 101 Å². The second-order valence-electron chi connectivity index (χ2n) is 5.16. The first-order chi connectivity index (χ1) is 7.69. The number of hydrogen-bond acceptors (Lipinski definition) is 0. The van der Waals surface area contributed by atoms with E-state index in [-0.39, 0.29) is 0 Å². The number of hydrogen-bond donors (Lipinski definition) is 0. The van der Waals surface area contributed by atoms with Crippen molar-refractivity contribution in [3.63, 3.8) is 0 Å². The maximum Gasteiger partial charge on any atom is -0.0159 e. The van der Waals surface area contributed by atoms with Crippen molar-refractivity contribution >= 4 is 0 Å². The van der Waals surface area contributed by atoms with E-state index < -0.39 is 0 Å². The molecule has 0 bridgehead atoms. The fourth-order valence-electron chi connectivity index (χ4n) is 2.58. The Kier molecular flexibility index (Phi) is 5.59. The molecule has 3 atom stereocenters. The summed E-state index contributed by atoms with van der Waals surface area (Å²) in [6.45, 7) is 8.99. The normalized spacial score (nSPS) is 32.8. The largest absolute Gasteiger partial charge is 0.0877 e. The molecular formula is C16H26. The molecule has 16 heavy (non-hydrogen) atoms. The summed E-state index contributed by atoms with van der Waals surface area (Å²) >= 11 is 0. The zero-order chi connectivity index (χ0) is 12.0. The van der Waals surface area contributed by atoms with Gasteiger partial charge in [-0.05, 0) is 56.4 Å². The van der Waals surface area contributed by atoms with Gasteiger partial charge in [0.25, 0.3) is 0 Å². The molecule has 0 aromatic carbocycles. The van der Waals surface area contributed by atoms with Crippen LogP contribution in [0, 0.1) is 17.8 Å². The Balaban J connectivity index is 2.72. The fourth-order valence-corrected chi connectivity index (χ4v) is 2.58. The van der Waals surface area contributed by atoms with Gasteiger partial charge >= 0.3 is 0 Å². The van der Waals surface area contributed by atoms with Crippen LogP contribution in [-0.4, -0.2) is 0 Å². The summed E-state index contributed by atoms with van der Waals surface area (Å²) in [7, 11) is 0. The lowest BCUT2D eigenvalue weighted by Gasteiger charge is -2.32. The molecule has 0 heteroatoms. The van der Waals surface area contributed by atoms with E-state index in [9.17, 15) is 0 Å². The Hall–Kier alpha value is -0.780. The molecule has 1 fully saturated rings. The minimum Gasteiger partial charge on any atom is -0.0877 e. The van der Waals surface area contributed by atoms with Gasteiger partial charge in [0.05, 0.1) is 0 Å². The summed E-state index contributed by atoms with van der Waals surface area (Å²) in [5.74, 6) is 2.56. The van der Waals surface area contributed by atoms with E-state index in [4.69, 9.17) is 0 Å². The van der Waals surface area contributed by atoms with E-state index in [0.29, 0.717) is 0 Å². The maximum absolute atomic E-state index is 2.40. The highest BCUT2D eigenvalue weighted by Gasteiger charge is 2.25. The number of allylic oxidation sites excluding steroid dienone is 6. The molecular weight excluding hydrogens is 192 g/mol. The van der Waals surface area contributed by atoms with Crippen molar-refractivity contribution in [3.8, 4) is 0 Å². The van der Waals surface area contributed by atoms with E-state index in [2.05, 4.69) is 58.1 Å². The van der Waals surface area contributed by atoms with Gasteiger partial charge in [-0.2, -0.15) is 0 Å². The van der Waals surface area contributed by atoms with Crippen molar-refractivity contribution in [2.45, 2.75) is 47.0 Å². The smallest absolute Gasteiger partial charge is 0.0159 e. The molecule has 0 spiro atoms. The quantitative estimate of drug-likeness (QED) is 0.575. The Morgan fingerprint density at radius 1 is 1.00 bits per heavy atom. The highest BCUT2D eigenvalue weighted by molar-refractivity contribution is 5.26. The van der Waals surface area contributed by atoms with Crippen LogP contribution in [0.1, 0.15) is 47.0 Å². The molecule has 0 saturated heterocycles. The summed E-state index contributed by atoms with van der Waals surface area (Å²) in [6, 6.07) is 0. The molecule has 0 aliphatic heterocycles. The van der Waals surface area contributed by atoms with Crippen molar-refractivity contribution in [3.05, 3.63) is 36.0 Å². The molecule has 1 saturated carbocycles. The average molecular weight is 218 g/mol. The average Bonchev–Trinajstić information content (AvgIpc) is 2.28.